The fourth-order valence-electron chi connectivity index (χ4n) is 0.711. The Labute approximate surface area is 73.8 Å². The van der Waals surface area contributed by atoms with E-state index < -0.39 is 6.29 Å². The lowest BCUT2D eigenvalue weighted by Crippen LogP contribution is -2.03. The standard InChI is InChI=1S/C7H9NO3S/c1-2-11-7(10)5-4-12-6(3-9)8-5/h3-4,7,10H,2H2,1H3. The number of hydrogen-bond acceptors (Lipinski definition) is 5. The van der Waals surface area contributed by atoms with E-state index in [1.807, 2.05) is 0 Å². The minimum absolute atomic E-state index is 0.351. The van der Waals surface area contributed by atoms with Gasteiger partial charge >= 0.3 is 0 Å². The first-order valence-corrected chi connectivity index (χ1v) is 4.36. The summed E-state index contributed by atoms with van der Waals surface area (Å²) < 4.78 is 4.87. The molecule has 1 unspecified atom stereocenters. The van der Waals surface area contributed by atoms with Crippen molar-refractivity contribution in [2.45, 2.75) is 13.2 Å². The Hall–Kier alpha value is -0.780. The van der Waals surface area contributed by atoms with Crippen LogP contribution in [0.1, 0.15) is 28.7 Å². The highest BCUT2D eigenvalue weighted by Crippen LogP contribution is 2.16. The van der Waals surface area contributed by atoms with Gasteiger partial charge in [0.05, 0.1) is 0 Å². The minimum atomic E-state index is -1.01. The summed E-state index contributed by atoms with van der Waals surface area (Å²) in [5, 5.41) is 11.2. The molecule has 0 aromatic carbocycles. The highest BCUT2D eigenvalue weighted by molar-refractivity contribution is 7.11. The van der Waals surface area contributed by atoms with E-state index in [1.54, 1.807) is 12.3 Å². The maximum absolute atomic E-state index is 10.2. The van der Waals surface area contributed by atoms with E-state index in [0.717, 1.165) is 0 Å². The minimum Gasteiger partial charge on any atom is -0.363 e. The van der Waals surface area contributed by atoms with Crippen molar-refractivity contribution in [2.24, 2.45) is 0 Å². The Kier molecular flexibility index (Phi) is 3.33. The smallest absolute Gasteiger partial charge is 0.199 e. The molecule has 4 nitrogen and oxygen atoms in total. The van der Waals surface area contributed by atoms with Gasteiger partial charge in [0.15, 0.2) is 17.6 Å². The van der Waals surface area contributed by atoms with Crippen LogP contribution in [0.3, 0.4) is 0 Å². The lowest BCUT2D eigenvalue weighted by Gasteiger charge is -2.05. The molecule has 0 aliphatic heterocycles. The number of carbonyl (C=O) groups is 1. The molecule has 0 saturated carbocycles. The van der Waals surface area contributed by atoms with Gasteiger partial charge in [-0.15, -0.1) is 11.3 Å². The summed E-state index contributed by atoms with van der Waals surface area (Å²) in [6.45, 7) is 2.19. The Morgan fingerprint density at radius 1 is 1.92 bits per heavy atom. The molecule has 1 rings (SSSR count). The van der Waals surface area contributed by atoms with Gasteiger partial charge in [-0.25, -0.2) is 4.98 Å². The highest BCUT2D eigenvalue weighted by Gasteiger charge is 2.10. The first kappa shape index (κ1) is 9.31. The summed E-state index contributed by atoms with van der Waals surface area (Å²) in [4.78, 5) is 14.0. The van der Waals surface area contributed by atoms with E-state index >= 15 is 0 Å². The van der Waals surface area contributed by atoms with Crippen LogP contribution >= 0.6 is 11.3 Å². The van der Waals surface area contributed by atoms with E-state index in [9.17, 15) is 9.90 Å². The van der Waals surface area contributed by atoms with Crippen LogP contribution < -0.4 is 0 Å². The van der Waals surface area contributed by atoms with Crippen LogP contribution in [0.15, 0.2) is 5.38 Å². The maximum atomic E-state index is 10.2. The van der Waals surface area contributed by atoms with Gasteiger partial charge in [-0.3, -0.25) is 4.79 Å². The zero-order chi connectivity index (χ0) is 8.97. The molecular weight excluding hydrogens is 178 g/mol. The molecule has 0 aliphatic rings. The average molecular weight is 187 g/mol. The summed E-state index contributed by atoms with van der Waals surface area (Å²) in [7, 11) is 0. The molecule has 5 heteroatoms. The van der Waals surface area contributed by atoms with E-state index in [1.165, 1.54) is 11.3 Å². The van der Waals surface area contributed by atoms with E-state index in [4.69, 9.17) is 4.74 Å². The Balaban J connectivity index is 2.67. The van der Waals surface area contributed by atoms with Crippen molar-refractivity contribution in [3.05, 3.63) is 16.1 Å². The van der Waals surface area contributed by atoms with Gasteiger partial charge in [-0.1, -0.05) is 0 Å². The third kappa shape index (κ3) is 2.10. The van der Waals surface area contributed by atoms with Crippen LogP contribution in [0.2, 0.25) is 0 Å². The molecule has 0 amide bonds. The van der Waals surface area contributed by atoms with Gasteiger partial charge in [0.1, 0.15) is 5.69 Å². The molecule has 0 saturated heterocycles. The molecule has 12 heavy (non-hydrogen) atoms. The van der Waals surface area contributed by atoms with Crippen LogP contribution in [-0.2, 0) is 4.74 Å². The molecule has 1 atom stereocenters. The van der Waals surface area contributed by atoms with Crippen molar-refractivity contribution in [1.82, 2.24) is 4.98 Å². The molecule has 1 N–H and O–H groups in total. The number of nitrogens with zero attached hydrogens (tertiary/aromatic N) is 1. The summed E-state index contributed by atoms with van der Waals surface area (Å²) in [5.41, 5.74) is 0.393. The summed E-state index contributed by atoms with van der Waals surface area (Å²) in [6, 6.07) is 0. The molecule has 0 bridgehead atoms. The molecule has 0 fully saturated rings. The highest BCUT2D eigenvalue weighted by atomic mass is 32.1. The molecule has 1 aromatic rings. The predicted octanol–water partition coefficient (Wildman–Crippen LogP) is 0.983. The van der Waals surface area contributed by atoms with Crippen molar-refractivity contribution in [3.8, 4) is 0 Å². The topological polar surface area (TPSA) is 59.4 Å². The fourth-order valence-corrected chi connectivity index (χ4v) is 1.34. The van der Waals surface area contributed by atoms with Crippen molar-refractivity contribution in [3.63, 3.8) is 0 Å². The summed E-state index contributed by atoms with van der Waals surface area (Å²) in [6.07, 6.45) is -0.368. The number of rotatable bonds is 4. The van der Waals surface area contributed by atoms with Crippen molar-refractivity contribution < 1.29 is 14.6 Å². The van der Waals surface area contributed by atoms with Crippen molar-refractivity contribution >= 4 is 17.6 Å². The van der Waals surface area contributed by atoms with Gasteiger partial charge in [0.25, 0.3) is 0 Å². The number of aldehydes is 1. The van der Waals surface area contributed by atoms with Crippen molar-refractivity contribution in [1.29, 1.82) is 0 Å². The molecule has 1 aromatic heterocycles. The van der Waals surface area contributed by atoms with Gasteiger partial charge in [-0.05, 0) is 6.92 Å². The van der Waals surface area contributed by atoms with E-state index in [-0.39, 0.29) is 0 Å². The lowest BCUT2D eigenvalue weighted by atomic mass is 10.5. The molecule has 0 aliphatic carbocycles. The third-order valence-corrected chi connectivity index (χ3v) is 2.01. The molecule has 0 radical (unpaired) electrons. The van der Waals surface area contributed by atoms with Crippen LogP contribution in [-0.4, -0.2) is 23.0 Å². The van der Waals surface area contributed by atoms with Crippen LogP contribution in [0, 0.1) is 0 Å². The van der Waals surface area contributed by atoms with Gasteiger partial charge in [0, 0.05) is 12.0 Å². The second-order valence-electron chi connectivity index (χ2n) is 2.04. The van der Waals surface area contributed by atoms with E-state index in [2.05, 4.69) is 4.98 Å². The van der Waals surface area contributed by atoms with Gasteiger partial charge in [0.2, 0.25) is 0 Å². The third-order valence-electron chi connectivity index (χ3n) is 1.22. The number of carbonyl (C=O) groups excluding carboxylic acids is 1. The monoisotopic (exact) mass is 187 g/mol. The molecule has 1 heterocycles. The first-order chi connectivity index (χ1) is 5.77. The fraction of sp³-hybridized carbons (Fsp3) is 0.429. The van der Waals surface area contributed by atoms with Crippen LogP contribution in [0.5, 0.6) is 0 Å². The number of aromatic nitrogens is 1. The Morgan fingerprint density at radius 3 is 3.17 bits per heavy atom. The normalized spacial score (nSPS) is 12.8. The zero-order valence-corrected chi connectivity index (χ0v) is 7.37. The van der Waals surface area contributed by atoms with Crippen LogP contribution in [0.4, 0.5) is 0 Å². The first-order valence-electron chi connectivity index (χ1n) is 3.48. The number of aliphatic hydroxyl groups is 1. The zero-order valence-electron chi connectivity index (χ0n) is 6.56. The lowest BCUT2D eigenvalue weighted by molar-refractivity contribution is -0.100. The Morgan fingerprint density at radius 2 is 2.67 bits per heavy atom. The molecule has 66 valence electrons. The number of aliphatic hydroxyl groups excluding tert-OH is 1. The molecular formula is C7H9NO3S. The second-order valence-corrected chi connectivity index (χ2v) is 2.93. The molecule has 0 spiro atoms. The SMILES string of the molecule is CCOC(O)c1csc(C=O)n1. The largest absolute Gasteiger partial charge is 0.363 e. The summed E-state index contributed by atoms with van der Waals surface area (Å²) in [5.74, 6) is 0. The average Bonchev–Trinajstić information content (AvgIpc) is 2.52. The predicted molar refractivity (Wildman–Crippen MR) is 44.1 cm³/mol. The Bertz CT molecular complexity index is 261. The van der Waals surface area contributed by atoms with E-state index in [0.29, 0.717) is 23.6 Å². The number of ether oxygens (including phenoxy) is 1. The quantitative estimate of drug-likeness (QED) is 0.564. The number of thiazole rings is 1. The van der Waals surface area contributed by atoms with Crippen molar-refractivity contribution in [2.75, 3.05) is 6.61 Å². The maximum Gasteiger partial charge on any atom is 0.199 e. The summed E-state index contributed by atoms with van der Waals surface area (Å²) >= 11 is 1.18. The van der Waals surface area contributed by atoms with Crippen LogP contribution in [0.25, 0.3) is 0 Å². The van der Waals surface area contributed by atoms with Gasteiger partial charge in [-0.2, -0.15) is 0 Å². The number of hydrogen-bond donors (Lipinski definition) is 1. The van der Waals surface area contributed by atoms with Gasteiger partial charge < -0.3 is 9.84 Å². The second kappa shape index (κ2) is 4.30.